The van der Waals surface area contributed by atoms with E-state index in [1.54, 1.807) is 12.1 Å². The van der Waals surface area contributed by atoms with Gasteiger partial charge in [0.2, 0.25) is 0 Å². The van der Waals surface area contributed by atoms with Crippen molar-refractivity contribution in [2.75, 3.05) is 0 Å². The Bertz CT molecular complexity index is 412. The minimum atomic E-state index is -1.06. The van der Waals surface area contributed by atoms with Crippen LogP contribution in [-0.4, -0.2) is 27.1 Å². The third-order valence-corrected chi connectivity index (χ3v) is 1.77. The molecule has 0 aliphatic rings. The summed E-state index contributed by atoms with van der Waals surface area (Å²) in [6.45, 7) is 0. The van der Waals surface area contributed by atoms with E-state index < -0.39 is 7.12 Å². The molecule has 2 rings (SSSR count). The Morgan fingerprint density at radius 2 is 1.73 bits per heavy atom. The Hall–Kier alpha value is -1.95. The molecule has 0 aliphatic carbocycles. The number of hydrogen-bond donors (Lipinski definition) is 1. The Kier molecular flexibility index (Phi) is 2.89. The van der Waals surface area contributed by atoms with Crippen LogP contribution in [0.15, 0.2) is 43.0 Å². The molecule has 15 heavy (non-hydrogen) atoms. The van der Waals surface area contributed by atoms with Crippen molar-refractivity contribution in [3.63, 3.8) is 0 Å². The highest BCUT2D eigenvalue weighted by atomic mass is 16.5. The van der Waals surface area contributed by atoms with Crippen LogP contribution in [0.3, 0.4) is 0 Å². The van der Waals surface area contributed by atoms with E-state index >= 15 is 0 Å². The first-order chi connectivity index (χ1) is 7.36. The molecule has 0 fully saturated rings. The van der Waals surface area contributed by atoms with E-state index in [-0.39, 0.29) is 6.01 Å². The molecule has 1 aromatic carbocycles. The van der Waals surface area contributed by atoms with E-state index in [0.29, 0.717) is 5.46 Å². The topological polar surface area (TPSA) is 68.1 Å². The lowest BCUT2D eigenvalue weighted by molar-refractivity contribution is 0.410. The summed E-state index contributed by atoms with van der Waals surface area (Å²) < 4.78 is 5.09. The van der Waals surface area contributed by atoms with Gasteiger partial charge in [0.1, 0.15) is 12.7 Å². The molecule has 6 heteroatoms. The molecule has 0 radical (unpaired) electrons. The molecule has 1 heterocycles. The first kappa shape index (κ1) is 9.60. The van der Waals surface area contributed by atoms with Crippen LogP contribution in [0.5, 0.6) is 6.01 Å². The molecule has 2 aromatic rings. The molecule has 0 spiro atoms. The van der Waals surface area contributed by atoms with Crippen molar-refractivity contribution in [1.82, 2.24) is 15.0 Å². The van der Waals surface area contributed by atoms with Gasteiger partial charge in [0.05, 0.1) is 0 Å². The summed E-state index contributed by atoms with van der Waals surface area (Å²) in [4.78, 5) is 11.1. The third kappa shape index (κ3) is 2.51. The molecule has 0 aliphatic heterocycles. The highest BCUT2D eigenvalue weighted by Crippen LogP contribution is 1.97. The van der Waals surface area contributed by atoms with Gasteiger partial charge in [-0.1, -0.05) is 30.3 Å². The first-order valence-electron chi connectivity index (χ1n) is 4.38. The largest absolute Gasteiger partial charge is 0.562 e. The normalized spacial score (nSPS) is 9.67. The fourth-order valence-electron chi connectivity index (χ4n) is 1.08. The van der Waals surface area contributed by atoms with Crippen LogP contribution in [0.25, 0.3) is 0 Å². The molecule has 0 unspecified atom stereocenters. The van der Waals surface area contributed by atoms with Crippen LogP contribution in [-0.2, 0) is 0 Å². The van der Waals surface area contributed by atoms with Crippen molar-refractivity contribution in [2.45, 2.75) is 0 Å². The van der Waals surface area contributed by atoms with Gasteiger partial charge >= 0.3 is 13.1 Å². The number of benzene rings is 1. The van der Waals surface area contributed by atoms with Gasteiger partial charge in [0, 0.05) is 0 Å². The van der Waals surface area contributed by atoms with Crippen molar-refractivity contribution in [1.29, 1.82) is 0 Å². The van der Waals surface area contributed by atoms with Gasteiger partial charge in [-0.15, -0.1) is 0 Å². The third-order valence-electron chi connectivity index (χ3n) is 1.77. The highest BCUT2D eigenvalue weighted by molar-refractivity contribution is 6.60. The Labute approximate surface area is 86.9 Å². The zero-order chi connectivity index (χ0) is 10.5. The molecule has 0 atom stereocenters. The molecule has 0 bridgehead atoms. The minimum absolute atomic E-state index is 0.0985. The van der Waals surface area contributed by atoms with E-state index in [1.165, 1.54) is 12.7 Å². The van der Waals surface area contributed by atoms with Crippen LogP contribution < -0.4 is 10.1 Å². The SMILES string of the molecule is OB(Oc1ncncn1)c1ccccc1. The molecule has 0 saturated carbocycles. The minimum Gasteiger partial charge on any atom is -0.503 e. The van der Waals surface area contributed by atoms with Crippen molar-refractivity contribution in [3.05, 3.63) is 43.0 Å². The molecule has 0 saturated heterocycles. The maximum absolute atomic E-state index is 9.65. The predicted octanol–water partition coefficient (Wildman–Crippen LogP) is -0.362. The van der Waals surface area contributed by atoms with Crippen molar-refractivity contribution >= 4 is 12.6 Å². The van der Waals surface area contributed by atoms with Crippen molar-refractivity contribution in [3.8, 4) is 6.01 Å². The van der Waals surface area contributed by atoms with E-state index in [9.17, 15) is 5.02 Å². The lowest BCUT2D eigenvalue weighted by atomic mass is 9.80. The van der Waals surface area contributed by atoms with E-state index in [1.807, 2.05) is 18.2 Å². The lowest BCUT2D eigenvalue weighted by Gasteiger charge is -2.06. The Morgan fingerprint density at radius 3 is 2.40 bits per heavy atom. The number of aromatic nitrogens is 3. The summed E-state index contributed by atoms with van der Waals surface area (Å²) >= 11 is 0. The average molecular weight is 201 g/mol. The van der Waals surface area contributed by atoms with Gasteiger partial charge in [0.25, 0.3) is 0 Å². The second kappa shape index (κ2) is 4.52. The van der Waals surface area contributed by atoms with Crippen LogP contribution >= 0.6 is 0 Å². The Morgan fingerprint density at radius 1 is 1.07 bits per heavy atom. The zero-order valence-corrected chi connectivity index (χ0v) is 7.82. The van der Waals surface area contributed by atoms with Gasteiger partial charge in [-0.3, -0.25) is 0 Å². The molecule has 0 amide bonds. The standard InChI is InChI=1S/C9H8BN3O2/c14-10(8-4-2-1-3-5-8)15-9-12-6-11-7-13-9/h1-7,14H. The molecular weight excluding hydrogens is 193 g/mol. The van der Waals surface area contributed by atoms with Gasteiger partial charge in [-0.2, -0.15) is 9.97 Å². The Balaban J connectivity index is 2.08. The van der Waals surface area contributed by atoms with Crippen LogP contribution in [0, 0.1) is 0 Å². The summed E-state index contributed by atoms with van der Waals surface area (Å²) in [5, 5.41) is 9.65. The van der Waals surface area contributed by atoms with Crippen LogP contribution in [0.4, 0.5) is 0 Å². The first-order valence-corrected chi connectivity index (χ1v) is 4.38. The quantitative estimate of drug-likeness (QED) is 0.686. The monoisotopic (exact) mass is 201 g/mol. The molecule has 1 aromatic heterocycles. The van der Waals surface area contributed by atoms with Crippen LogP contribution in [0.1, 0.15) is 0 Å². The molecule has 1 N–H and O–H groups in total. The highest BCUT2D eigenvalue weighted by Gasteiger charge is 2.19. The summed E-state index contributed by atoms with van der Waals surface area (Å²) in [6, 6.07) is 9.10. The smallest absolute Gasteiger partial charge is 0.503 e. The van der Waals surface area contributed by atoms with Crippen molar-refractivity contribution < 1.29 is 9.68 Å². The average Bonchev–Trinajstić information content (AvgIpc) is 2.31. The van der Waals surface area contributed by atoms with Crippen LogP contribution in [0.2, 0.25) is 0 Å². The van der Waals surface area contributed by atoms with E-state index in [4.69, 9.17) is 4.65 Å². The fourth-order valence-corrected chi connectivity index (χ4v) is 1.08. The summed E-state index contributed by atoms with van der Waals surface area (Å²) in [5.74, 6) is 0. The van der Waals surface area contributed by atoms with Gasteiger partial charge in [-0.25, -0.2) is 4.98 Å². The van der Waals surface area contributed by atoms with E-state index in [0.717, 1.165) is 0 Å². The number of rotatable bonds is 3. The maximum Gasteiger partial charge on any atom is 0.562 e. The predicted molar refractivity (Wildman–Crippen MR) is 54.5 cm³/mol. The van der Waals surface area contributed by atoms with E-state index in [2.05, 4.69) is 15.0 Å². The molecule has 74 valence electrons. The van der Waals surface area contributed by atoms with Gasteiger partial charge < -0.3 is 9.68 Å². The number of hydrogen-bond acceptors (Lipinski definition) is 5. The van der Waals surface area contributed by atoms with Crippen molar-refractivity contribution in [2.24, 2.45) is 0 Å². The fraction of sp³-hybridized carbons (Fsp3) is 0. The van der Waals surface area contributed by atoms with Gasteiger partial charge in [-0.05, 0) is 5.46 Å². The summed E-state index contributed by atoms with van der Waals surface area (Å²) in [7, 11) is -1.06. The summed E-state index contributed by atoms with van der Waals surface area (Å²) in [5.41, 5.74) is 0.651. The van der Waals surface area contributed by atoms with Gasteiger partial charge in [0.15, 0.2) is 0 Å². The second-order valence-electron chi connectivity index (χ2n) is 2.80. The zero-order valence-electron chi connectivity index (χ0n) is 7.82. The molecular formula is C9H8BN3O2. The maximum atomic E-state index is 9.65. The molecule has 5 nitrogen and oxygen atoms in total. The second-order valence-corrected chi connectivity index (χ2v) is 2.80. The lowest BCUT2D eigenvalue weighted by Crippen LogP contribution is -2.36. The number of nitrogens with zero attached hydrogens (tertiary/aromatic N) is 3. The summed E-state index contributed by atoms with van der Waals surface area (Å²) in [6.07, 6.45) is 2.61.